The van der Waals surface area contributed by atoms with E-state index in [1.165, 1.54) is 0 Å². The lowest BCUT2D eigenvalue weighted by Gasteiger charge is -2.42. The lowest BCUT2D eigenvalue weighted by atomic mass is 9.73. The first kappa shape index (κ1) is 18.0. The fourth-order valence-electron chi connectivity index (χ4n) is 4.23. The van der Waals surface area contributed by atoms with Crippen LogP contribution >= 0.6 is 0 Å². The number of aliphatic hydroxyl groups excluding tert-OH is 1. The maximum absolute atomic E-state index is 13.1. The van der Waals surface area contributed by atoms with Crippen LogP contribution in [0.5, 0.6) is 11.5 Å². The second kappa shape index (κ2) is 6.84. The highest BCUT2D eigenvalue weighted by atomic mass is 16.5. The average Bonchev–Trinajstić information content (AvgIpc) is 2.59. The first-order valence-corrected chi connectivity index (χ1v) is 8.88. The molecule has 1 aromatic carbocycles. The third-order valence-corrected chi connectivity index (χ3v) is 5.65. The first-order valence-electron chi connectivity index (χ1n) is 8.88. The molecule has 1 aliphatic heterocycles. The number of ether oxygens (including phenoxy) is 2. The number of nitrogens with zero attached hydrogens (tertiary/aromatic N) is 1. The van der Waals surface area contributed by atoms with Gasteiger partial charge in [0.05, 0.1) is 26.7 Å². The van der Waals surface area contributed by atoms with E-state index in [0.29, 0.717) is 23.6 Å². The molecule has 138 valence electrons. The smallest absolute Gasteiger partial charge is 0.227 e. The Bertz CT molecular complexity index is 659. The summed E-state index contributed by atoms with van der Waals surface area (Å²) in [5.41, 5.74) is 7.44. The maximum Gasteiger partial charge on any atom is 0.227 e. The molecule has 1 saturated carbocycles. The van der Waals surface area contributed by atoms with Gasteiger partial charge in [-0.3, -0.25) is 4.79 Å². The van der Waals surface area contributed by atoms with E-state index in [1.54, 1.807) is 25.2 Å². The van der Waals surface area contributed by atoms with E-state index in [4.69, 9.17) is 15.2 Å². The summed E-state index contributed by atoms with van der Waals surface area (Å²) in [6, 6.07) is 3.60. The van der Waals surface area contributed by atoms with E-state index in [9.17, 15) is 9.90 Å². The van der Waals surface area contributed by atoms with Crippen molar-refractivity contribution in [1.29, 1.82) is 0 Å². The van der Waals surface area contributed by atoms with Crippen LogP contribution in [0.25, 0.3) is 0 Å². The number of benzene rings is 1. The molecule has 2 aliphatic rings. The van der Waals surface area contributed by atoms with Crippen LogP contribution in [0.2, 0.25) is 0 Å². The molecule has 0 bridgehead atoms. The highest BCUT2D eigenvalue weighted by Gasteiger charge is 2.42. The zero-order chi connectivity index (χ0) is 18.2. The van der Waals surface area contributed by atoms with Gasteiger partial charge in [0.2, 0.25) is 5.91 Å². The Morgan fingerprint density at radius 1 is 1.28 bits per heavy atom. The van der Waals surface area contributed by atoms with Gasteiger partial charge in [-0.05, 0) is 31.9 Å². The molecule has 6 heteroatoms. The standard InChI is InChI=1S/C19H28N2O4/c1-19(20)9-5-4-6-13(19)18(23)21-10-12-15(24-2)7-8-16(25-3)17(12)14(22)11-21/h7-8,13-14,22H,4-6,9-11,20H2,1-3H3. The van der Waals surface area contributed by atoms with Gasteiger partial charge >= 0.3 is 0 Å². The van der Waals surface area contributed by atoms with Crippen LogP contribution in [0.3, 0.4) is 0 Å². The van der Waals surface area contributed by atoms with Crippen molar-refractivity contribution in [3.63, 3.8) is 0 Å². The average molecular weight is 348 g/mol. The van der Waals surface area contributed by atoms with E-state index in [2.05, 4.69) is 0 Å². The number of hydrogen-bond acceptors (Lipinski definition) is 5. The lowest BCUT2D eigenvalue weighted by molar-refractivity contribution is -0.141. The van der Waals surface area contributed by atoms with Gasteiger partial charge in [-0.25, -0.2) is 0 Å². The van der Waals surface area contributed by atoms with Crippen molar-refractivity contribution >= 4 is 5.91 Å². The molecule has 3 rings (SSSR count). The minimum atomic E-state index is -0.801. The van der Waals surface area contributed by atoms with E-state index in [0.717, 1.165) is 31.2 Å². The van der Waals surface area contributed by atoms with Crippen LogP contribution in [-0.4, -0.2) is 42.2 Å². The molecule has 1 fully saturated rings. The van der Waals surface area contributed by atoms with Gasteiger partial charge in [-0.1, -0.05) is 12.8 Å². The number of β-amino-alcohol motifs (C(OH)–C–C–N with tert-alkyl or cyclic N) is 1. The monoisotopic (exact) mass is 348 g/mol. The van der Waals surface area contributed by atoms with Gasteiger partial charge in [0, 0.05) is 23.2 Å². The predicted molar refractivity (Wildman–Crippen MR) is 94.5 cm³/mol. The number of rotatable bonds is 3. The minimum absolute atomic E-state index is 0.0271. The van der Waals surface area contributed by atoms with Gasteiger partial charge in [0.1, 0.15) is 17.6 Å². The summed E-state index contributed by atoms with van der Waals surface area (Å²) in [5.74, 6) is 1.11. The van der Waals surface area contributed by atoms with Crippen LogP contribution < -0.4 is 15.2 Å². The summed E-state index contributed by atoms with van der Waals surface area (Å²) in [5, 5.41) is 10.7. The normalized spacial score (nSPS) is 29.1. The van der Waals surface area contributed by atoms with E-state index in [-0.39, 0.29) is 18.4 Å². The van der Waals surface area contributed by atoms with Gasteiger partial charge in [-0.2, -0.15) is 0 Å². The number of hydrogen-bond donors (Lipinski definition) is 2. The van der Waals surface area contributed by atoms with Crippen LogP contribution in [0.1, 0.15) is 49.8 Å². The van der Waals surface area contributed by atoms with Crippen LogP contribution in [0.15, 0.2) is 12.1 Å². The molecule has 1 aliphatic carbocycles. The number of aliphatic hydroxyl groups is 1. The quantitative estimate of drug-likeness (QED) is 0.872. The van der Waals surface area contributed by atoms with Gasteiger partial charge < -0.3 is 25.2 Å². The molecule has 1 amide bonds. The maximum atomic E-state index is 13.1. The second-order valence-corrected chi connectivity index (χ2v) is 7.40. The van der Waals surface area contributed by atoms with Crippen LogP contribution in [-0.2, 0) is 11.3 Å². The van der Waals surface area contributed by atoms with Crippen molar-refractivity contribution in [1.82, 2.24) is 4.90 Å². The zero-order valence-corrected chi connectivity index (χ0v) is 15.2. The van der Waals surface area contributed by atoms with Gasteiger partial charge in [0.15, 0.2) is 0 Å². The molecule has 0 aromatic heterocycles. The summed E-state index contributed by atoms with van der Waals surface area (Å²) in [6.07, 6.45) is 2.94. The Morgan fingerprint density at radius 2 is 1.96 bits per heavy atom. The van der Waals surface area contributed by atoms with Gasteiger partial charge in [0.25, 0.3) is 0 Å². The number of carbonyl (C=O) groups excluding carboxylic acids is 1. The molecule has 0 saturated heterocycles. The largest absolute Gasteiger partial charge is 0.496 e. The van der Waals surface area contributed by atoms with Crippen molar-refractivity contribution < 1.29 is 19.4 Å². The molecule has 0 radical (unpaired) electrons. The molecule has 3 N–H and O–H groups in total. The Balaban J connectivity index is 1.92. The predicted octanol–water partition coefficient (Wildman–Crippen LogP) is 1.99. The Hall–Kier alpha value is -1.79. The highest BCUT2D eigenvalue weighted by molar-refractivity contribution is 5.81. The van der Waals surface area contributed by atoms with Crippen molar-refractivity contribution in [3.05, 3.63) is 23.3 Å². The summed E-state index contributed by atoms with van der Waals surface area (Å²) < 4.78 is 10.8. The second-order valence-electron chi connectivity index (χ2n) is 7.40. The van der Waals surface area contributed by atoms with E-state index < -0.39 is 11.6 Å². The summed E-state index contributed by atoms with van der Waals surface area (Å²) in [7, 11) is 3.17. The SMILES string of the molecule is COc1ccc(OC)c2c1CN(C(=O)C1CCCCC1(C)N)CC2O. The summed E-state index contributed by atoms with van der Waals surface area (Å²) in [6.45, 7) is 2.62. The Labute approximate surface area is 148 Å². The molecular formula is C19H28N2O4. The van der Waals surface area contributed by atoms with Crippen molar-refractivity contribution in [2.24, 2.45) is 11.7 Å². The molecular weight excluding hydrogens is 320 g/mol. The fraction of sp³-hybridized carbons (Fsp3) is 0.632. The number of amides is 1. The zero-order valence-electron chi connectivity index (χ0n) is 15.2. The summed E-state index contributed by atoms with van der Waals surface area (Å²) in [4.78, 5) is 14.9. The Kier molecular flexibility index (Phi) is 4.93. The fourth-order valence-corrected chi connectivity index (χ4v) is 4.23. The van der Waals surface area contributed by atoms with E-state index in [1.807, 2.05) is 13.0 Å². The van der Waals surface area contributed by atoms with Crippen LogP contribution in [0, 0.1) is 5.92 Å². The van der Waals surface area contributed by atoms with Crippen molar-refractivity contribution in [2.75, 3.05) is 20.8 Å². The molecule has 25 heavy (non-hydrogen) atoms. The lowest BCUT2D eigenvalue weighted by Crippen LogP contribution is -2.54. The molecule has 1 aromatic rings. The minimum Gasteiger partial charge on any atom is -0.496 e. The van der Waals surface area contributed by atoms with Crippen LogP contribution in [0.4, 0.5) is 0 Å². The van der Waals surface area contributed by atoms with Gasteiger partial charge in [-0.15, -0.1) is 0 Å². The third-order valence-electron chi connectivity index (χ3n) is 5.65. The Morgan fingerprint density at radius 3 is 2.60 bits per heavy atom. The van der Waals surface area contributed by atoms with E-state index >= 15 is 0 Å². The molecule has 1 heterocycles. The highest BCUT2D eigenvalue weighted by Crippen LogP contribution is 2.41. The number of carbonyl (C=O) groups is 1. The van der Waals surface area contributed by atoms with Crippen molar-refractivity contribution in [2.45, 2.75) is 50.8 Å². The first-order chi connectivity index (χ1) is 11.9. The number of fused-ring (bicyclic) bond motifs is 1. The molecule has 6 nitrogen and oxygen atoms in total. The topological polar surface area (TPSA) is 85.0 Å². The molecule has 3 atom stereocenters. The molecule has 3 unspecified atom stereocenters. The van der Waals surface area contributed by atoms with Crippen molar-refractivity contribution in [3.8, 4) is 11.5 Å². The molecule has 0 spiro atoms. The third kappa shape index (κ3) is 3.20. The number of nitrogens with two attached hydrogens (primary N) is 1. The summed E-state index contributed by atoms with van der Waals surface area (Å²) >= 11 is 0. The number of methoxy groups -OCH3 is 2.